The first-order valence-electron chi connectivity index (χ1n) is 7.31. The summed E-state index contributed by atoms with van der Waals surface area (Å²) in [5.74, 6) is 1.79. The quantitative estimate of drug-likeness (QED) is 0.790. The maximum absolute atomic E-state index is 5.76. The van der Waals surface area contributed by atoms with Crippen molar-refractivity contribution in [2.75, 3.05) is 13.2 Å². The number of hydrogen-bond donors (Lipinski definition) is 1. The minimum atomic E-state index is 0.495. The van der Waals surface area contributed by atoms with E-state index in [4.69, 9.17) is 15.2 Å². The lowest BCUT2D eigenvalue weighted by Crippen LogP contribution is -2.07. The summed E-state index contributed by atoms with van der Waals surface area (Å²) in [6, 6.07) is 14.1. The molecule has 2 aromatic rings. The van der Waals surface area contributed by atoms with Crippen LogP contribution in [-0.4, -0.2) is 13.2 Å². The molecule has 0 saturated heterocycles. The highest BCUT2D eigenvalue weighted by molar-refractivity contribution is 5.33. The highest BCUT2D eigenvalue weighted by atomic mass is 16.5. The summed E-state index contributed by atoms with van der Waals surface area (Å²) in [5.41, 5.74) is 9.16. The molecule has 0 spiro atoms. The molecule has 0 aliphatic heterocycles. The highest BCUT2D eigenvalue weighted by Crippen LogP contribution is 2.18. The fourth-order valence-electron chi connectivity index (χ4n) is 2.26. The summed E-state index contributed by atoms with van der Waals surface area (Å²) >= 11 is 0. The monoisotopic (exact) mass is 285 g/mol. The molecule has 0 aromatic heterocycles. The number of ether oxygens (including phenoxy) is 2. The smallest absolute Gasteiger partial charge is 0.123 e. The molecule has 0 atom stereocenters. The van der Waals surface area contributed by atoms with Gasteiger partial charge < -0.3 is 15.2 Å². The van der Waals surface area contributed by atoms with Gasteiger partial charge in [-0.3, -0.25) is 0 Å². The van der Waals surface area contributed by atoms with E-state index < -0.39 is 0 Å². The van der Waals surface area contributed by atoms with Crippen LogP contribution in [0.1, 0.15) is 23.1 Å². The number of benzene rings is 2. The molecular formula is C18H23NO2. The zero-order chi connectivity index (χ0) is 15.1. The first-order valence-corrected chi connectivity index (χ1v) is 7.31. The number of aryl methyl sites for hydroxylation is 2. The van der Waals surface area contributed by atoms with Gasteiger partial charge in [-0.05, 0) is 43.2 Å². The SMILES string of the molecule is Cc1cc(C)cc(OCCCOc2ccccc2CN)c1. The van der Waals surface area contributed by atoms with Crippen molar-refractivity contribution >= 4 is 0 Å². The fourth-order valence-corrected chi connectivity index (χ4v) is 2.26. The molecule has 2 N–H and O–H groups in total. The molecule has 0 unspecified atom stereocenters. The Labute approximate surface area is 126 Å². The Morgan fingerprint density at radius 2 is 1.57 bits per heavy atom. The maximum Gasteiger partial charge on any atom is 0.123 e. The van der Waals surface area contributed by atoms with Crippen LogP contribution < -0.4 is 15.2 Å². The average Bonchev–Trinajstić information content (AvgIpc) is 2.46. The second kappa shape index (κ2) is 7.70. The van der Waals surface area contributed by atoms with E-state index in [1.165, 1.54) is 11.1 Å². The van der Waals surface area contributed by atoms with E-state index >= 15 is 0 Å². The van der Waals surface area contributed by atoms with Crippen molar-refractivity contribution in [1.29, 1.82) is 0 Å². The van der Waals surface area contributed by atoms with Gasteiger partial charge in [0.25, 0.3) is 0 Å². The molecule has 0 amide bonds. The lowest BCUT2D eigenvalue weighted by Gasteiger charge is -2.11. The Hall–Kier alpha value is -2.00. The second-order valence-corrected chi connectivity index (χ2v) is 5.19. The normalized spacial score (nSPS) is 10.4. The predicted molar refractivity (Wildman–Crippen MR) is 85.9 cm³/mol. The van der Waals surface area contributed by atoms with E-state index in [0.29, 0.717) is 19.8 Å². The van der Waals surface area contributed by atoms with Crippen LogP contribution in [0.15, 0.2) is 42.5 Å². The third kappa shape index (κ3) is 4.80. The van der Waals surface area contributed by atoms with Crippen molar-refractivity contribution in [1.82, 2.24) is 0 Å². The van der Waals surface area contributed by atoms with Gasteiger partial charge in [-0.25, -0.2) is 0 Å². The molecule has 0 aliphatic rings. The Bertz CT molecular complexity index is 561. The standard InChI is InChI=1S/C18H23NO2/c1-14-10-15(2)12-17(11-14)20-8-5-9-21-18-7-4-3-6-16(18)13-19/h3-4,6-7,10-12H,5,8-9,13,19H2,1-2H3. The van der Waals surface area contributed by atoms with Gasteiger partial charge in [0.2, 0.25) is 0 Å². The van der Waals surface area contributed by atoms with E-state index in [-0.39, 0.29) is 0 Å². The Morgan fingerprint density at radius 3 is 2.29 bits per heavy atom. The first-order chi connectivity index (χ1) is 10.2. The van der Waals surface area contributed by atoms with E-state index in [9.17, 15) is 0 Å². The van der Waals surface area contributed by atoms with Gasteiger partial charge in [0.15, 0.2) is 0 Å². The minimum Gasteiger partial charge on any atom is -0.493 e. The largest absolute Gasteiger partial charge is 0.493 e. The topological polar surface area (TPSA) is 44.5 Å². The molecule has 2 rings (SSSR count). The molecule has 3 heteroatoms. The van der Waals surface area contributed by atoms with Crippen LogP contribution in [0.5, 0.6) is 11.5 Å². The van der Waals surface area contributed by atoms with Crippen LogP contribution in [0.2, 0.25) is 0 Å². The summed E-state index contributed by atoms with van der Waals surface area (Å²) in [4.78, 5) is 0. The van der Waals surface area contributed by atoms with Gasteiger partial charge in [0.05, 0.1) is 13.2 Å². The van der Waals surface area contributed by atoms with Crippen LogP contribution in [0, 0.1) is 13.8 Å². The van der Waals surface area contributed by atoms with Crippen molar-refractivity contribution in [3.63, 3.8) is 0 Å². The van der Waals surface area contributed by atoms with E-state index in [2.05, 4.69) is 32.0 Å². The molecule has 112 valence electrons. The lowest BCUT2D eigenvalue weighted by molar-refractivity contribution is 0.246. The van der Waals surface area contributed by atoms with Crippen LogP contribution in [0.4, 0.5) is 0 Å². The number of para-hydroxylation sites is 1. The van der Waals surface area contributed by atoms with Crippen molar-refractivity contribution in [2.45, 2.75) is 26.8 Å². The summed E-state index contributed by atoms with van der Waals surface area (Å²) in [5, 5.41) is 0. The zero-order valence-corrected chi connectivity index (χ0v) is 12.8. The third-order valence-corrected chi connectivity index (χ3v) is 3.20. The summed E-state index contributed by atoms with van der Waals surface area (Å²) in [6.45, 7) is 5.92. The Balaban J connectivity index is 1.75. The molecule has 0 saturated carbocycles. The van der Waals surface area contributed by atoms with E-state index in [1.807, 2.05) is 24.3 Å². The Morgan fingerprint density at radius 1 is 0.905 bits per heavy atom. The van der Waals surface area contributed by atoms with Crippen LogP contribution in [-0.2, 0) is 6.54 Å². The van der Waals surface area contributed by atoms with Gasteiger partial charge in [-0.2, -0.15) is 0 Å². The van der Waals surface area contributed by atoms with Gasteiger partial charge in [0.1, 0.15) is 11.5 Å². The predicted octanol–water partition coefficient (Wildman–Crippen LogP) is 3.61. The molecule has 0 fully saturated rings. The lowest BCUT2D eigenvalue weighted by atomic mass is 10.1. The first kappa shape index (κ1) is 15.4. The van der Waals surface area contributed by atoms with E-state index in [1.54, 1.807) is 0 Å². The van der Waals surface area contributed by atoms with Crippen LogP contribution in [0.25, 0.3) is 0 Å². The molecule has 0 heterocycles. The van der Waals surface area contributed by atoms with E-state index in [0.717, 1.165) is 23.5 Å². The summed E-state index contributed by atoms with van der Waals surface area (Å²) in [6.07, 6.45) is 0.839. The average molecular weight is 285 g/mol. The number of hydrogen-bond acceptors (Lipinski definition) is 3. The number of rotatable bonds is 7. The highest BCUT2D eigenvalue weighted by Gasteiger charge is 2.01. The van der Waals surface area contributed by atoms with Gasteiger partial charge in [-0.1, -0.05) is 24.3 Å². The fraction of sp³-hybridized carbons (Fsp3) is 0.333. The van der Waals surface area contributed by atoms with Crippen LogP contribution >= 0.6 is 0 Å². The zero-order valence-electron chi connectivity index (χ0n) is 12.8. The van der Waals surface area contributed by atoms with Crippen molar-refractivity contribution < 1.29 is 9.47 Å². The molecular weight excluding hydrogens is 262 g/mol. The molecule has 0 aliphatic carbocycles. The minimum absolute atomic E-state index is 0.495. The molecule has 2 aromatic carbocycles. The Kier molecular flexibility index (Phi) is 5.64. The maximum atomic E-state index is 5.76. The summed E-state index contributed by atoms with van der Waals surface area (Å²) < 4.78 is 11.5. The van der Waals surface area contributed by atoms with Gasteiger partial charge in [0, 0.05) is 18.5 Å². The van der Waals surface area contributed by atoms with Crippen LogP contribution in [0.3, 0.4) is 0 Å². The summed E-state index contributed by atoms with van der Waals surface area (Å²) in [7, 11) is 0. The van der Waals surface area contributed by atoms with Gasteiger partial charge in [-0.15, -0.1) is 0 Å². The second-order valence-electron chi connectivity index (χ2n) is 5.19. The molecule has 21 heavy (non-hydrogen) atoms. The van der Waals surface area contributed by atoms with Crippen molar-refractivity contribution in [3.8, 4) is 11.5 Å². The van der Waals surface area contributed by atoms with Crippen molar-refractivity contribution in [2.24, 2.45) is 5.73 Å². The third-order valence-electron chi connectivity index (χ3n) is 3.20. The molecule has 0 radical (unpaired) electrons. The number of nitrogens with two attached hydrogens (primary N) is 1. The van der Waals surface area contributed by atoms with Gasteiger partial charge >= 0.3 is 0 Å². The molecule has 0 bridgehead atoms. The van der Waals surface area contributed by atoms with Crippen molar-refractivity contribution in [3.05, 3.63) is 59.2 Å². The molecule has 3 nitrogen and oxygen atoms in total.